The van der Waals surface area contributed by atoms with Crippen LogP contribution >= 0.6 is 27.5 Å². The monoisotopic (exact) mass is 371 g/mol. The van der Waals surface area contributed by atoms with Crippen LogP contribution < -0.4 is 10.1 Å². The molecule has 0 radical (unpaired) electrons. The van der Waals surface area contributed by atoms with Gasteiger partial charge in [-0.15, -0.1) is 0 Å². The van der Waals surface area contributed by atoms with Gasteiger partial charge >= 0.3 is 0 Å². The number of rotatable bonds is 4. The van der Waals surface area contributed by atoms with E-state index in [0.29, 0.717) is 20.9 Å². The first-order valence-electron chi connectivity index (χ1n) is 6.14. The minimum atomic E-state index is -0.715. The fraction of sp³-hybridized carbons (Fsp3) is 0.133. The molecule has 0 saturated heterocycles. The fourth-order valence-electron chi connectivity index (χ4n) is 1.59. The summed E-state index contributed by atoms with van der Waals surface area (Å²) < 4.78 is 19.0. The van der Waals surface area contributed by atoms with E-state index in [0.717, 1.165) is 0 Å². The SMILES string of the molecule is C[C@@H](Oc1ccc(Cl)cc1Br)C(=O)Nc1ccc(F)cc1. The summed E-state index contributed by atoms with van der Waals surface area (Å²) >= 11 is 9.16. The summed E-state index contributed by atoms with van der Waals surface area (Å²) in [7, 11) is 0. The lowest BCUT2D eigenvalue weighted by molar-refractivity contribution is -0.122. The number of carbonyl (C=O) groups is 1. The zero-order chi connectivity index (χ0) is 15.4. The van der Waals surface area contributed by atoms with E-state index >= 15 is 0 Å². The maximum Gasteiger partial charge on any atom is 0.265 e. The standard InChI is InChI=1S/C15H12BrClFNO2/c1-9(21-14-7-2-10(17)8-13(14)16)15(20)19-12-5-3-11(18)4-6-12/h2-9H,1H3,(H,19,20)/t9-/m1/s1. The molecule has 0 saturated carbocycles. The summed E-state index contributed by atoms with van der Waals surface area (Å²) in [6, 6.07) is 10.5. The predicted molar refractivity (Wildman–Crippen MR) is 84.3 cm³/mol. The molecule has 2 rings (SSSR count). The second-order valence-electron chi connectivity index (χ2n) is 4.33. The molecule has 1 N–H and O–H groups in total. The van der Waals surface area contributed by atoms with E-state index in [1.807, 2.05) is 0 Å². The molecule has 0 aliphatic carbocycles. The van der Waals surface area contributed by atoms with Gasteiger partial charge < -0.3 is 10.1 Å². The largest absolute Gasteiger partial charge is 0.480 e. The van der Waals surface area contributed by atoms with Crippen LogP contribution in [0.2, 0.25) is 5.02 Å². The minimum absolute atomic E-state index is 0.330. The number of hydrogen-bond acceptors (Lipinski definition) is 2. The van der Waals surface area contributed by atoms with Crippen molar-refractivity contribution in [3.63, 3.8) is 0 Å². The van der Waals surface area contributed by atoms with Crippen molar-refractivity contribution in [2.24, 2.45) is 0 Å². The van der Waals surface area contributed by atoms with Crippen molar-refractivity contribution in [3.05, 3.63) is 57.8 Å². The molecule has 1 amide bonds. The Morgan fingerprint density at radius 2 is 1.95 bits per heavy atom. The van der Waals surface area contributed by atoms with Gasteiger partial charge in [-0.2, -0.15) is 0 Å². The minimum Gasteiger partial charge on any atom is -0.480 e. The van der Waals surface area contributed by atoms with E-state index in [1.165, 1.54) is 24.3 Å². The van der Waals surface area contributed by atoms with Crippen molar-refractivity contribution in [1.82, 2.24) is 0 Å². The lowest BCUT2D eigenvalue weighted by Gasteiger charge is -2.16. The molecule has 0 spiro atoms. The van der Waals surface area contributed by atoms with Crippen LogP contribution in [0.15, 0.2) is 46.9 Å². The number of hydrogen-bond donors (Lipinski definition) is 1. The average molecular weight is 373 g/mol. The third-order valence-electron chi connectivity index (χ3n) is 2.68. The van der Waals surface area contributed by atoms with Gasteiger partial charge in [-0.25, -0.2) is 4.39 Å². The molecule has 6 heteroatoms. The van der Waals surface area contributed by atoms with E-state index in [9.17, 15) is 9.18 Å². The van der Waals surface area contributed by atoms with Gasteiger partial charge in [0.2, 0.25) is 0 Å². The van der Waals surface area contributed by atoms with Crippen LogP contribution in [0, 0.1) is 5.82 Å². The third-order valence-corrected chi connectivity index (χ3v) is 3.53. The summed E-state index contributed by atoms with van der Waals surface area (Å²) in [6.45, 7) is 1.62. The topological polar surface area (TPSA) is 38.3 Å². The van der Waals surface area contributed by atoms with Gasteiger partial charge in [-0.05, 0) is 65.3 Å². The van der Waals surface area contributed by atoms with Gasteiger partial charge in [0.25, 0.3) is 5.91 Å². The van der Waals surface area contributed by atoms with Crippen molar-refractivity contribution < 1.29 is 13.9 Å². The highest BCUT2D eigenvalue weighted by Crippen LogP contribution is 2.28. The summed E-state index contributed by atoms with van der Waals surface area (Å²) in [6.07, 6.45) is -0.715. The molecule has 0 heterocycles. The quantitative estimate of drug-likeness (QED) is 0.848. The summed E-state index contributed by atoms with van der Waals surface area (Å²) in [5.74, 6) is -0.174. The molecular weight excluding hydrogens is 361 g/mol. The molecule has 2 aromatic carbocycles. The van der Waals surface area contributed by atoms with Crippen LogP contribution in [0.5, 0.6) is 5.75 Å². The molecule has 0 unspecified atom stereocenters. The molecule has 3 nitrogen and oxygen atoms in total. The molecule has 0 fully saturated rings. The highest BCUT2D eigenvalue weighted by Gasteiger charge is 2.16. The number of anilines is 1. The first kappa shape index (κ1) is 15.8. The van der Waals surface area contributed by atoms with Crippen LogP contribution in [0.4, 0.5) is 10.1 Å². The molecule has 110 valence electrons. The van der Waals surface area contributed by atoms with E-state index in [4.69, 9.17) is 16.3 Å². The lowest BCUT2D eigenvalue weighted by Crippen LogP contribution is -2.30. The number of ether oxygens (including phenoxy) is 1. The number of benzene rings is 2. The van der Waals surface area contributed by atoms with Crippen LogP contribution in [0.1, 0.15) is 6.92 Å². The van der Waals surface area contributed by atoms with Crippen LogP contribution in [-0.2, 0) is 4.79 Å². The maximum absolute atomic E-state index is 12.8. The average Bonchev–Trinajstić information content (AvgIpc) is 2.44. The zero-order valence-corrected chi connectivity index (χ0v) is 13.4. The van der Waals surface area contributed by atoms with Gasteiger partial charge in [0.15, 0.2) is 6.10 Å². The molecule has 0 aromatic heterocycles. The third kappa shape index (κ3) is 4.44. The lowest BCUT2D eigenvalue weighted by atomic mass is 10.3. The second-order valence-corrected chi connectivity index (χ2v) is 5.62. The Bertz CT molecular complexity index is 649. The summed E-state index contributed by atoms with van der Waals surface area (Å²) in [4.78, 5) is 12.0. The summed E-state index contributed by atoms with van der Waals surface area (Å²) in [5, 5.41) is 3.22. The number of amides is 1. The van der Waals surface area contributed by atoms with E-state index in [-0.39, 0.29) is 11.7 Å². The van der Waals surface area contributed by atoms with E-state index < -0.39 is 6.10 Å². The molecule has 21 heavy (non-hydrogen) atoms. The molecule has 2 aromatic rings. The summed E-state index contributed by atoms with van der Waals surface area (Å²) in [5.41, 5.74) is 0.507. The smallest absolute Gasteiger partial charge is 0.265 e. The first-order chi connectivity index (χ1) is 9.95. The normalized spacial score (nSPS) is 11.8. The Kier molecular flexibility index (Phi) is 5.20. The van der Waals surface area contributed by atoms with E-state index in [1.54, 1.807) is 25.1 Å². The number of halogens is 3. The number of carbonyl (C=O) groups excluding carboxylic acids is 1. The molecule has 1 atom stereocenters. The van der Waals surface area contributed by atoms with Crippen LogP contribution in [-0.4, -0.2) is 12.0 Å². The first-order valence-corrected chi connectivity index (χ1v) is 7.31. The molecule has 0 bridgehead atoms. The highest BCUT2D eigenvalue weighted by atomic mass is 79.9. The van der Waals surface area contributed by atoms with Crippen molar-refractivity contribution in [3.8, 4) is 5.75 Å². The van der Waals surface area contributed by atoms with Crippen molar-refractivity contribution in [2.75, 3.05) is 5.32 Å². The van der Waals surface area contributed by atoms with Gasteiger partial charge in [0.05, 0.1) is 4.47 Å². The Morgan fingerprint density at radius 3 is 2.57 bits per heavy atom. The Labute approximate surface area is 135 Å². The van der Waals surface area contributed by atoms with E-state index in [2.05, 4.69) is 21.2 Å². The Morgan fingerprint density at radius 1 is 1.29 bits per heavy atom. The highest BCUT2D eigenvalue weighted by molar-refractivity contribution is 9.10. The Balaban J connectivity index is 2.00. The van der Waals surface area contributed by atoms with Crippen molar-refractivity contribution >= 4 is 39.1 Å². The maximum atomic E-state index is 12.8. The van der Waals surface area contributed by atoms with Gasteiger partial charge in [-0.3, -0.25) is 4.79 Å². The van der Waals surface area contributed by atoms with Crippen molar-refractivity contribution in [2.45, 2.75) is 13.0 Å². The van der Waals surface area contributed by atoms with Crippen LogP contribution in [0.3, 0.4) is 0 Å². The van der Waals surface area contributed by atoms with Crippen LogP contribution in [0.25, 0.3) is 0 Å². The molecule has 0 aliphatic heterocycles. The van der Waals surface area contributed by atoms with Gasteiger partial charge in [0.1, 0.15) is 11.6 Å². The predicted octanol–water partition coefficient (Wildman–Crippen LogP) is 4.65. The Hall–Kier alpha value is -1.59. The van der Waals surface area contributed by atoms with Gasteiger partial charge in [-0.1, -0.05) is 11.6 Å². The van der Waals surface area contributed by atoms with Crippen molar-refractivity contribution in [1.29, 1.82) is 0 Å². The molecule has 0 aliphatic rings. The zero-order valence-electron chi connectivity index (χ0n) is 11.1. The molecular formula is C15H12BrClFNO2. The fourth-order valence-corrected chi connectivity index (χ4v) is 2.37. The second kappa shape index (κ2) is 6.91. The number of nitrogens with one attached hydrogen (secondary N) is 1. The van der Waals surface area contributed by atoms with Gasteiger partial charge in [0, 0.05) is 10.7 Å².